The van der Waals surface area contributed by atoms with E-state index < -0.39 is 0 Å². The van der Waals surface area contributed by atoms with Gasteiger partial charge in [0.25, 0.3) is 0 Å². The lowest BCUT2D eigenvalue weighted by Crippen LogP contribution is -1.97. The summed E-state index contributed by atoms with van der Waals surface area (Å²) in [6.45, 7) is 4.06. The maximum atomic E-state index is 5.21. The molecule has 1 aromatic heterocycles. The van der Waals surface area contributed by atoms with E-state index in [-0.39, 0.29) is 0 Å². The molecule has 1 heterocycles. The van der Waals surface area contributed by atoms with Gasteiger partial charge in [0.2, 0.25) is 0 Å². The van der Waals surface area contributed by atoms with E-state index in [0.29, 0.717) is 0 Å². The summed E-state index contributed by atoms with van der Waals surface area (Å²) in [6.07, 6.45) is 10.6. The standard InChI is InChI=1S/C14H16N2O/c1-10-11(2)15-9-16-14(10)12-5-4-6-13(17-3)8-7-12/h4,6-9H,5H2,1-3H3. The van der Waals surface area contributed by atoms with Crippen molar-refractivity contribution in [2.24, 2.45) is 0 Å². The van der Waals surface area contributed by atoms with Crippen LogP contribution in [0.15, 0.2) is 36.4 Å². The monoisotopic (exact) mass is 228 g/mol. The summed E-state index contributed by atoms with van der Waals surface area (Å²) in [6, 6.07) is 0. The topological polar surface area (TPSA) is 35.0 Å². The van der Waals surface area contributed by atoms with Gasteiger partial charge in [-0.3, -0.25) is 0 Å². The fourth-order valence-electron chi connectivity index (χ4n) is 1.78. The van der Waals surface area contributed by atoms with Gasteiger partial charge in [0.15, 0.2) is 0 Å². The first-order valence-electron chi connectivity index (χ1n) is 5.62. The Balaban J connectivity index is 2.41. The maximum Gasteiger partial charge on any atom is 0.118 e. The van der Waals surface area contributed by atoms with Crippen molar-refractivity contribution < 1.29 is 4.74 Å². The zero-order chi connectivity index (χ0) is 12.3. The Morgan fingerprint density at radius 2 is 2.00 bits per heavy atom. The van der Waals surface area contributed by atoms with Crippen LogP contribution in [-0.2, 0) is 4.74 Å². The van der Waals surface area contributed by atoms with Crippen LogP contribution in [0.25, 0.3) is 5.57 Å². The molecule has 0 spiro atoms. The van der Waals surface area contributed by atoms with Crippen LogP contribution in [0.2, 0.25) is 0 Å². The molecule has 0 aromatic carbocycles. The Hall–Kier alpha value is -1.90. The third kappa shape index (κ3) is 2.44. The van der Waals surface area contributed by atoms with Gasteiger partial charge >= 0.3 is 0 Å². The molecule has 0 unspecified atom stereocenters. The first-order chi connectivity index (χ1) is 8.22. The highest BCUT2D eigenvalue weighted by Gasteiger charge is 2.09. The van der Waals surface area contributed by atoms with Crippen LogP contribution in [-0.4, -0.2) is 17.1 Å². The van der Waals surface area contributed by atoms with Crippen molar-refractivity contribution in [2.45, 2.75) is 20.3 Å². The molecule has 0 radical (unpaired) electrons. The minimum atomic E-state index is 0.862. The second-order valence-electron chi connectivity index (χ2n) is 4.00. The molecule has 2 rings (SSSR count). The molecule has 0 N–H and O–H groups in total. The molecule has 0 bridgehead atoms. The maximum absolute atomic E-state index is 5.21. The summed E-state index contributed by atoms with van der Waals surface area (Å²) in [5, 5.41) is 0. The first kappa shape index (κ1) is 11.6. The number of allylic oxidation sites excluding steroid dienone is 5. The van der Waals surface area contributed by atoms with Crippen LogP contribution < -0.4 is 0 Å². The Labute approximate surface area is 102 Å². The molecule has 0 atom stereocenters. The second-order valence-corrected chi connectivity index (χ2v) is 4.00. The molecule has 0 aliphatic heterocycles. The Morgan fingerprint density at radius 3 is 2.76 bits per heavy atom. The number of aromatic nitrogens is 2. The van der Waals surface area contributed by atoms with Gasteiger partial charge < -0.3 is 4.74 Å². The number of hydrogen-bond donors (Lipinski definition) is 0. The summed E-state index contributed by atoms with van der Waals surface area (Å²) in [5.74, 6) is 0.864. The van der Waals surface area contributed by atoms with E-state index in [1.165, 1.54) is 5.57 Å². The van der Waals surface area contributed by atoms with Crippen LogP contribution in [0.1, 0.15) is 23.4 Å². The average molecular weight is 228 g/mol. The summed E-state index contributed by atoms with van der Waals surface area (Å²) in [7, 11) is 1.68. The SMILES string of the molecule is COC1=CC=C(c2ncnc(C)c2C)CC=C1. The smallest absolute Gasteiger partial charge is 0.118 e. The Morgan fingerprint density at radius 1 is 1.18 bits per heavy atom. The minimum Gasteiger partial charge on any atom is -0.497 e. The number of aryl methyl sites for hydroxylation is 1. The molecule has 17 heavy (non-hydrogen) atoms. The molecule has 88 valence electrons. The predicted molar refractivity (Wildman–Crippen MR) is 68.3 cm³/mol. The molecule has 1 aliphatic carbocycles. The van der Waals surface area contributed by atoms with Gasteiger partial charge in [-0.2, -0.15) is 0 Å². The quantitative estimate of drug-likeness (QED) is 0.780. The van der Waals surface area contributed by atoms with E-state index in [0.717, 1.165) is 29.1 Å². The van der Waals surface area contributed by atoms with Gasteiger partial charge in [-0.1, -0.05) is 12.2 Å². The summed E-state index contributed by atoms with van der Waals surface area (Å²) >= 11 is 0. The zero-order valence-electron chi connectivity index (χ0n) is 10.4. The number of ether oxygens (including phenoxy) is 1. The molecule has 1 aliphatic rings. The molecule has 3 heteroatoms. The van der Waals surface area contributed by atoms with E-state index in [2.05, 4.69) is 29.0 Å². The highest BCUT2D eigenvalue weighted by Crippen LogP contribution is 2.23. The number of rotatable bonds is 2. The van der Waals surface area contributed by atoms with Crippen LogP contribution >= 0.6 is 0 Å². The first-order valence-corrected chi connectivity index (χ1v) is 5.62. The second kappa shape index (κ2) is 4.95. The molecule has 1 aromatic rings. The average Bonchev–Trinajstić information content (AvgIpc) is 2.58. The van der Waals surface area contributed by atoms with Gasteiger partial charge in [-0.05, 0) is 43.6 Å². The largest absolute Gasteiger partial charge is 0.497 e. The van der Waals surface area contributed by atoms with Crippen LogP contribution in [0.4, 0.5) is 0 Å². The lowest BCUT2D eigenvalue weighted by atomic mass is 10.0. The summed E-state index contributed by atoms with van der Waals surface area (Å²) in [4.78, 5) is 8.56. The van der Waals surface area contributed by atoms with Gasteiger partial charge in [-0.25, -0.2) is 9.97 Å². The van der Waals surface area contributed by atoms with Crippen LogP contribution in [0.3, 0.4) is 0 Å². The lowest BCUT2D eigenvalue weighted by molar-refractivity contribution is 0.307. The molecule has 3 nitrogen and oxygen atoms in total. The van der Waals surface area contributed by atoms with E-state index in [1.54, 1.807) is 13.4 Å². The zero-order valence-corrected chi connectivity index (χ0v) is 10.4. The molecule has 0 saturated heterocycles. The highest BCUT2D eigenvalue weighted by molar-refractivity contribution is 5.69. The van der Waals surface area contributed by atoms with E-state index in [1.807, 2.05) is 19.1 Å². The third-order valence-electron chi connectivity index (χ3n) is 2.94. The number of hydrogen-bond acceptors (Lipinski definition) is 3. The number of nitrogens with zero attached hydrogens (tertiary/aromatic N) is 2. The molecular formula is C14H16N2O. The molecule has 0 amide bonds. The third-order valence-corrected chi connectivity index (χ3v) is 2.94. The highest BCUT2D eigenvalue weighted by atomic mass is 16.5. The predicted octanol–water partition coefficient (Wildman–Crippen LogP) is 2.97. The van der Waals surface area contributed by atoms with Crippen molar-refractivity contribution in [1.82, 2.24) is 9.97 Å². The van der Waals surface area contributed by atoms with Gasteiger partial charge in [-0.15, -0.1) is 0 Å². The Bertz CT molecular complexity index is 513. The van der Waals surface area contributed by atoms with Gasteiger partial charge in [0, 0.05) is 5.69 Å². The van der Waals surface area contributed by atoms with E-state index >= 15 is 0 Å². The fourth-order valence-corrected chi connectivity index (χ4v) is 1.78. The summed E-state index contributed by atoms with van der Waals surface area (Å²) in [5.41, 5.74) is 4.38. The molecule has 0 saturated carbocycles. The van der Waals surface area contributed by atoms with E-state index in [4.69, 9.17) is 4.74 Å². The van der Waals surface area contributed by atoms with Crippen molar-refractivity contribution in [3.05, 3.63) is 53.3 Å². The van der Waals surface area contributed by atoms with Crippen molar-refractivity contribution in [3.8, 4) is 0 Å². The van der Waals surface area contributed by atoms with Crippen molar-refractivity contribution in [3.63, 3.8) is 0 Å². The Kier molecular flexibility index (Phi) is 3.38. The van der Waals surface area contributed by atoms with Crippen molar-refractivity contribution in [2.75, 3.05) is 7.11 Å². The van der Waals surface area contributed by atoms with Crippen LogP contribution in [0.5, 0.6) is 0 Å². The summed E-state index contributed by atoms with van der Waals surface area (Å²) < 4.78 is 5.21. The minimum absolute atomic E-state index is 0.862. The normalized spacial score (nSPS) is 15.0. The molecular weight excluding hydrogens is 212 g/mol. The van der Waals surface area contributed by atoms with Crippen molar-refractivity contribution >= 4 is 5.57 Å². The van der Waals surface area contributed by atoms with Crippen molar-refractivity contribution in [1.29, 1.82) is 0 Å². The molecule has 0 fully saturated rings. The van der Waals surface area contributed by atoms with Crippen LogP contribution in [0, 0.1) is 13.8 Å². The van der Waals surface area contributed by atoms with Gasteiger partial charge in [0.1, 0.15) is 12.1 Å². The lowest BCUT2D eigenvalue weighted by Gasteiger charge is -2.08. The van der Waals surface area contributed by atoms with E-state index in [9.17, 15) is 0 Å². The van der Waals surface area contributed by atoms with Gasteiger partial charge in [0.05, 0.1) is 12.8 Å². The fraction of sp³-hybridized carbons (Fsp3) is 0.286. The number of methoxy groups -OCH3 is 1.